The summed E-state index contributed by atoms with van der Waals surface area (Å²) in [5, 5.41) is 0. The molecule has 2 aromatic rings. The topological polar surface area (TPSA) is 26.3 Å². The Morgan fingerprint density at radius 2 is 1.79 bits per heavy atom. The van der Waals surface area contributed by atoms with E-state index >= 15 is 0 Å². The zero-order valence-corrected chi connectivity index (χ0v) is 10.9. The molecule has 0 aromatic heterocycles. The Morgan fingerprint density at radius 3 is 2.47 bits per heavy atom. The van der Waals surface area contributed by atoms with E-state index in [0.29, 0.717) is 5.75 Å². The van der Waals surface area contributed by atoms with E-state index in [0.717, 1.165) is 16.7 Å². The molecular weight excluding hydrogens is 236 g/mol. The van der Waals surface area contributed by atoms with Gasteiger partial charge >= 0.3 is 5.97 Å². The molecule has 0 atom stereocenters. The van der Waals surface area contributed by atoms with Gasteiger partial charge in [-0.3, -0.25) is 4.79 Å². The number of esters is 1. The van der Waals surface area contributed by atoms with E-state index in [1.54, 1.807) is 6.07 Å². The lowest BCUT2D eigenvalue weighted by atomic mass is 10.1. The Kier molecular flexibility index (Phi) is 4.00. The lowest BCUT2D eigenvalue weighted by molar-refractivity contribution is -0.131. The SMILES string of the molecule is CC(=O)Oc1ccc(C)cc1C#Cc1ccccc1. The predicted molar refractivity (Wildman–Crippen MR) is 74.9 cm³/mol. The van der Waals surface area contributed by atoms with Crippen molar-refractivity contribution in [3.8, 4) is 17.6 Å². The number of benzene rings is 2. The van der Waals surface area contributed by atoms with Crippen molar-refractivity contribution in [2.75, 3.05) is 0 Å². The average Bonchev–Trinajstić information content (AvgIpc) is 2.40. The molecular formula is C17H14O2. The smallest absolute Gasteiger partial charge is 0.308 e. The van der Waals surface area contributed by atoms with E-state index in [1.807, 2.05) is 49.4 Å². The van der Waals surface area contributed by atoms with Crippen LogP contribution in [0.5, 0.6) is 5.75 Å². The van der Waals surface area contributed by atoms with Crippen LogP contribution in [-0.2, 0) is 4.79 Å². The highest BCUT2D eigenvalue weighted by Gasteiger charge is 2.04. The standard InChI is InChI=1S/C17H14O2/c1-13-8-11-17(19-14(2)18)16(12-13)10-9-15-6-4-3-5-7-15/h3-8,11-12H,1-2H3. The van der Waals surface area contributed by atoms with E-state index < -0.39 is 0 Å². The number of hydrogen-bond acceptors (Lipinski definition) is 2. The van der Waals surface area contributed by atoms with Gasteiger partial charge in [0, 0.05) is 12.5 Å². The van der Waals surface area contributed by atoms with Crippen molar-refractivity contribution in [2.24, 2.45) is 0 Å². The Bertz CT molecular complexity index is 646. The third kappa shape index (κ3) is 3.72. The molecule has 0 radical (unpaired) electrons. The summed E-state index contributed by atoms with van der Waals surface area (Å²) in [6.45, 7) is 3.36. The van der Waals surface area contributed by atoms with Crippen LogP contribution in [0.25, 0.3) is 0 Å². The number of ether oxygens (including phenoxy) is 1. The maximum atomic E-state index is 11.1. The Labute approximate surface area is 113 Å². The molecule has 19 heavy (non-hydrogen) atoms. The van der Waals surface area contributed by atoms with Gasteiger partial charge in [0.25, 0.3) is 0 Å². The van der Waals surface area contributed by atoms with Crippen molar-refractivity contribution < 1.29 is 9.53 Å². The summed E-state index contributed by atoms with van der Waals surface area (Å²) in [5.41, 5.74) is 2.73. The van der Waals surface area contributed by atoms with Crippen molar-refractivity contribution in [1.29, 1.82) is 0 Å². The molecule has 94 valence electrons. The molecule has 2 heteroatoms. The Morgan fingerprint density at radius 1 is 1.05 bits per heavy atom. The van der Waals surface area contributed by atoms with E-state index in [9.17, 15) is 4.79 Å². The summed E-state index contributed by atoms with van der Waals surface area (Å²) in [6, 6.07) is 15.3. The third-order valence-electron chi connectivity index (χ3n) is 2.50. The van der Waals surface area contributed by atoms with Crippen molar-refractivity contribution in [2.45, 2.75) is 13.8 Å². The number of hydrogen-bond donors (Lipinski definition) is 0. The molecule has 0 aliphatic carbocycles. The first-order chi connectivity index (χ1) is 9.15. The molecule has 0 heterocycles. The maximum Gasteiger partial charge on any atom is 0.308 e. The number of carbonyl (C=O) groups is 1. The van der Waals surface area contributed by atoms with Crippen molar-refractivity contribution in [3.63, 3.8) is 0 Å². The third-order valence-corrected chi connectivity index (χ3v) is 2.50. The largest absolute Gasteiger partial charge is 0.425 e. The lowest BCUT2D eigenvalue weighted by Gasteiger charge is -2.04. The summed E-state index contributed by atoms with van der Waals surface area (Å²) in [7, 11) is 0. The van der Waals surface area contributed by atoms with Gasteiger partial charge < -0.3 is 4.74 Å². The van der Waals surface area contributed by atoms with Gasteiger partial charge in [-0.15, -0.1) is 0 Å². The fourth-order valence-corrected chi connectivity index (χ4v) is 1.65. The minimum absolute atomic E-state index is 0.341. The number of carbonyl (C=O) groups excluding carboxylic acids is 1. The second-order valence-electron chi connectivity index (χ2n) is 4.21. The molecule has 0 aliphatic rings. The van der Waals surface area contributed by atoms with Crippen molar-refractivity contribution >= 4 is 5.97 Å². The second-order valence-corrected chi connectivity index (χ2v) is 4.21. The molecule has 0 N–H and O–H groups in total. The molecule has 0 aliphatic heterocycles. The second kappa shape index (κ2) is 5.88. The van der Waals surface area contributed by atoms with Crippen LogP contribution in [0.15, 0.2) is 48.5 Å². The molecule has 0 fully saturated rings. The van der Waals surface area contributed by atoms with Crippen LogP contribution in [-0.4, -0.2) is 5.97 Å². The average molecular weight is 250 g/mol. The van der Waals surface area contributed by atoms with Gasteiger partial charge in [-0.1, -0.05) is 36.1 Å². The minimum Gasteiger partial charge on any atom is -0.425 e. The van der Waals surface area contributed by atoms with Gasteiger partial charge in [-0.05, 0) is 36.8 Å². The first kappa shape index (κ1) is 12.9. The van der Waals surface area contributed by atoms with Gasteiger partial charge in [-0.25, -0.2) is 0 Å². The van der Waals surface area contributed by atoms with Crippen LogP contribution in [0.1, 0.15) is 23.6 Å². The van der Waals surface area contributed by atoms with Gasteiger partial charge in [0.05, 0.1) is 5.56 Å². The van der Waals surface area contributed by atoms with E-state index in [2.05, 4.69) is 11.8 Å². The van der Waals surface area contributed by atoms with Crippen LogP contribution in [0, 0.1) is 18.8 Å². The molecule has 0 amide bonds. The fraction of sp³-hybridized carbons (Fsp3) is 0.118. The molecule has 2 aromatic carbocycles. The van der Waals surface area contributed by atoms with E-state index in [1.165, 1.54) is 6.92 Å². The molecule has 0 bridgehead atoms. The van der Waals surface area contributed by atoms with Gasteiger partial charge in [-0.2, -0.15) is 0 Å². The maximum absolute atomic E-state index is 11.1. The normalized spacial score (nSPS) is 9.37. The van der Waals surface area contributed by atoms with Gasteiger partial charge in [0.15, 0.2) is 0 Å². The van der Waals surface area contributed by atoms with Crippen LogP contribution < -0.4 is 4.74 Å². The summed E-state index contributed by atoms with van der Waals surface area (Å²) in [4.78, 5) is 11.1. The highest BCUT2D eigenvalue weighted by Crippen LogP contribution is 2.19. The van der Waals surface area contributed by atoms with Crippen LogP contribution in [0.3, 0.4) is 0 Å². The predicted octanol–water partition coefficient (Wildman–Crippen LogP) is 3.32. The van der Waals surface area contributed by atoms with Crippen LogP contribution >= 0.6 is 0 Å². The highest BCUT2D eigenvalue weighted by molar-refractivity contribution is 5.70. The van der Waals surface area contributed by atoms with Gasteiger partial charge in [0.1, 0.15) is 5.75 Å². The quantitative estimate of drug-likeness (QED) is 0.441. The highest BCUT2D eigenvalue weighted by atomic mass is 16.5. The monoisotopic (exact) mass is 250 g/mol. The number of aryl methyl sites for hydroxylation is 1. The summed E-state index contributed by atoms with van der Waals surface area (Å²) < 4.78 is 5.15. The lowest BCUT2D eigenvalue weighted by Crippen LogP contribution is -2.03. The Hall–Kier alpha value is -2.53. The van der Waals surface area contributed by atoms with Crippen LogP contribution in [0.2, 0.25) is 0 Å². The van der Waals surface area contributed by atoms with E-state index in [4.69, 9.17) is 4.74 Å². The Balaban J connectivity index is 2.36. The summed E-state index contributed by atoms with van der Waals surface area (Å²) >= 11 is 0. The zero-order valence-electron chi connectivity index (χ0n) is 10.9. The van der Waals surface area contributed by atoms with Gasteiger partial charge in [0.2, 0.25) is 0 Å². The molecule has 0 unspecified atom stereocenters. The minimum atomic E-state index is -0.341. The van der Waals surface area contributed by atoms with Crippen LogP contribution in [0.4, 0.5) is 0 Å². The first-order valence-corrected chi connectivity index (χ1v) is 6.01. The van der Waals surface area contributed by atoms with E-state index in [-0.39, 0.29) is 5.97 Å². The summed E-state index contributed by atoms with van der Waals surface area (Å²) in [6.07, 6.45) is 0. The molecule has 0 spiro atoms. The zero-order chi connectivity index (χ0) is 13.7. The summed E-state index contributed by atoms with van der Waals surface area (Å²) in [5.74, 6) is 6.27. The molecule has 0 saturated carbocycles. The number of rotatable bonds is 1. The fourth-order valence-electron chi connectivity index (χ4n) is 1.65. The molecule has 0 saturated heterocycles. The molecule has 2 nitrogen and oxygen atoms in total. The first-order valence-electron chi connectivity index (χ1n) is 6.01. The molecule has 2 rings (SSSR count). The van der Waals surface area contributed by atoms with Crippen molar-refractivity contribution in [1.82, 2.24) is 0 Å². The van der Waals surface area contributed by atoms with Crippen molar-refractivity contribution in [3.05, 3.63) is 65.2 Å².